The Kier molecular flexibility index (Phi) is 3.35. The molecule has 0 amide bonds. The van der Waals surface area contributed by atoms with Crippen LogP contribution in [0.2, 0.25) is 0 Å². The second kappa shape index (κ2) is 5.13. The largest absolute Gasteiger partial charge is 0.381 e. The molecule has 1 aromatic rings. The Morgan fingerprint density at radius 2 is 1.78 bits per heavy atom. The molecule has 3 rings (SSSR count). The van der Waals surface area contributed by atoms with Gasteiger partial charge in [-0.05, 0) is 37.3 Å². The van der Waals surface area contributed by atoms with Crippen molar-refractivity contribution in [2.75, 3.05) is 5.32 Å². The van der Waals surface area contributed by atoms with E-state index in [1.165, 1.54) is 32.1 Å². The maximum atomic E-state index is 12.1. The van der Waals surface area contributed by atoms with Crippen LogP contribution in [0.25, 0.3) is 0 Å². The van der Waals surface area contributed by atoms with Gasteiger partial charge in [-0.25, -0.2) is 0 Å². The number of rotatable bonds is 1. The predicted octanol–water partition coefficient (Wildman–Crippen LogP) is 4.02. The molecule has 18 heavy (non-hydrogen) atoms. The number of benzene rings is 1. The van der Waals surface area contributed by atoms with Crippen molar-refractivity contribution in [3.05, 3.63) is 29.8 Å². The minimum atomic E-state index is 0.302. The van der Waals surface area contributed by atoms with Crippen molar-refractivity contribution >= 4 is 11.5 Å². The third kappa shape index (κ3) is 2.29. The number of hydrogen-bond acceptors (Lipinski definition) is 2. The molecule has 0 radical (unpaired) electrons. The molecule has 1 unspecified atom stereocenters. The van der Waals surface area contributed by atoms with E-state index in [2.05, 4.69) is 5.32 Å². The lowest BCUT2D eigenvalue weighted by atomic mass is 9.82. The van der Waals surface area contributed by atoms with Crippen LogP contribution in [0.1, 0.15) is 55.3 Å². The minimum Gasteiger partial charge on any atom is -0.381 e. The molecule has 1 aliphatic heterocycles. The van der Waals surface area contributed by atoms with Gasteiger partial charge in [0.1, 0.15) is 0 Å². The highest BCUT2D eigenvalue weighted by Crippen LogP contribution is 2.33. The highest BCUT2D eigenvalue weighted by atomic mass is 16.1. The van der Waals surface area contributed by atoms with Crippen LogP contribution >= 0.6 is 0 Å². The van der Waals surface area contributed by atoms with Crippen molar-refractivity contribution in [3.63, 3.8) is 0 Å². The second-order valence-electron chi connectivity index (χ2n) is 5.66. The smallest absolute Gasteiger partial charge is 0.165 e. The Morgan fingerprint density at radius 1 is 1.00 bits per heavy atom. The highest BCUT2D eigenvalue weighted by Gasteiger charge is 2.27. The Bertz CT molecular complexity index is 434. The fraction of sp³-hybridized carbons (Fsp3) is 0.562. The average Bonchev–Trinajstić information content (AvgIpc) is 2.60. The number of carbonyl (C=O) groups excluding carboxylic acids is 1. The van der Waals surface area contributed by atoms with Gasteiger partial charge in [-0.15, -0.1) is 0 Å². The van der Waals surface area contributed by atoms with E-state index in [1.54, 1.807) is 0 Å². The summed E-state index contributed by atoms with van der Waals surface area (Å²) in [6, 6.07) is 8.47. The topological polar surface area (TPSA) is 29.1 Å². The summed E-state index contributed by atoms with van der Waals surface area (Å²) in [7, 11) is 0. The van der Waals surface area contributed by atoms with Crippen LogP contribution in [-0.4, -0.2) is 11.8 Å². The lowest BCUT2D eigenvalue weighted by molar-refractivity contribution is 0.0979. The summed E-state index contributed by atoms with van der Waals surface area (Å²) in [5, 5.41) is 3.64. The van der Waals surface area contributed by atoms with Gasteiger partial charge in [0.05, 0.1) is 0 Å². The van der Waals surface area contributed by atoms with Crippen molar-refractivity contribution in [3.8, 4) is 0 Å². The molecule has 0 spiro atoms. The van der Waals surface area contributed by atoms with E-state index < -0.39 is 0 Å². The summed E-state index contributed by atoms with van der Waals surface area (Å²) in [6.45, 7) is 0. The van der Waals surface area contributed by atoms with E-state index in [0.29, 0.717) is 18.2 Å². The Morgan fingerprint density at radius 3 is 2.61 bits per heavy atom. The summed E-state index contributed by atoms with van der Waals surface area (Å²) in [5.74, 6) is 1.06. The van der Waals surface area contributed by atoms with E-state index in [9.17, 15) is 4.79 Å². The Balaban J connectivity index is 1.82. The first-order valence-corrected chi connectivity index (χ1v) is 7.23. The average molecular weight is 243 g/mol. The van der Waals surface area contributed by atoms with Crippen molar-refractivity contribution < 1.29 is 4.79 Å². The van der Waals surface area contributed by atoms with E-state index in [1.807, 2.05) is 24.3 Å². The number of anilines is 1. The molecule has 0 bridgehead atoms. The number of carbonyl (C=O) groups is 1. The molecule has 0 aromatic heterocycles. The molecule has 0 saturated heterocycles. The van der Waals surface area contributed by atoms with Crippen molar-refractivity contribution in [1.82, 2.24) is 0 Å². The first kappa shape index (κ1) is 11.8. The fourth-order valence-electron chi connectivity index (χ4n) is 3.44. The fourth-order valence-corrected chi connectivity index (χ4v) is 3.44. The zero-order chi connectivity index (χ0) is 12.4. The molecule has 1 heterocycles. The van der Waals surface area contributed by atoms with Gasteiger partial charge in [0, 0.05) is 23.7 Å². The maximum Gasteiger partial charge on any atom is 0.165 e. The molecule has 1 N–H and O–H groups in total. The standard InChI is InChI=1S/C16H21NO/c18-16-11-10-14(12-6-2-1-3-7-12)17-15-9-5-4-8-13(15)16/h4-5,8-9,12,14,17H,1-3,6-7,10-11H2. The monoisotopic (exact) mass is 243 g/mol. The molecule has 2 nitrogen and oxygen atoms in total. The van der Waals surface area contributed by atoms with Gasteiger partial charge in [0.25, 0.3) is 0 Å². The highest BCUT2D eigenvalue weighted by molar-refractivity contribution is 6.01. The summed E-state index contributed by atoms with van der Waals surface area (Å²) >= 11 is 0. The predicted molar refractivity (Wildman–Crippen MR) is 74.0 cm³/mol. The zero-order valence-electron chi connectivity index (χ0n) is 10.8. The maximum absolute atomic E-state index is 12.1. The quantitative estimate of drug-likeness (QED) is 0.807. The summed E-state index contributed by atoms with van der Waals surface area (Å²) in [6.07, 6.45) is 8.46. The van der Waals surface area contributed by atoms with Gasteiger partial charge in [-0.1, -0.05) is 31.4 Å². The molecule has 1 aliphatic carbocycles. The SMILES string of the molecule is O=C1CCC(C2CCCCC2)Nc2ccccc21. The van der Waals surface area contributed by atoms with Gasteiger partial charge in [0.15, 0.2) is 5.78 Å². The molecular formula is C16H21NO. The van der Waals surface area contributed by atoms with E-state index >= 15 is 0 Å². The number of para-hydroxylation sites is 1. The van der Waals surface area contributed by atoms with Crippen molar-refractivity contribution in [2.24, 2.45) is 5.92 Å². The first-order valence-electron chi connectivity index (χ1n) is 7.23. The van der Waals surface area contributed by atoms with Crippen LogP contribution in [0, 0.1) is 5.92 Å². The Labute approximate surface area is 109 Å². The third-order valence-corrected chi connectivity index (χ3v) is 4.47. The molecule has 1 atom stereocenters. The van der Waals surface area contributed by atoms with Gasteiger partial charge in [-0.3, -0.25) is 4.79 Å². The summed E-state index contributed by atoms with van der Waals surface area (Å²) in [4.78, 5) is 12.1. The lowest BCUT2D eigenvalue weighted by Gasteiger charge is -2.30. The number of fused-ring (bicyclic) bond motifs is 1. The van der Waals surface area contributed by atoms with Crippen LogP contribution in [0.4, 0.5) is 5.69 Å². The minimum absolute atomic E-state index is 0.302. The summed E-state index contributed by atoms with van der Waals surface area (Å²) in [5.41, 5.74) is 1.94. The molecule has 1 aromatic carbocycles. The number of nitrogens with one attached hydrogen (secondary N) is 1. The number of Topliss-reactive ketones (excluding diaryl/α,β-unsaturated/α-hetero) is 1. The molecule has 1 saturated carbocycles. The first-order chi connectivity index (χ1) is 8.84. The molecule has 1 fully saturated rings. The van der Waals surface area contributed by atoms with E-state index in [-0.39, 0.29) is 0 Å². The Hall–Kier alpha value is -1.31. The summed E-state index contributed by atoms with van der Waals surface area (Å²) < 4.78 is 0. The van der Waals surface area contributed by atoms with Crippen LogP contribution in [0.15, 0.2) is 24.3 Å². The lowest BCUT2D eigenvalue weighted by Crippen LogP contribution is -2.30. The van der Waals surface area contributed by atoms with E-state index in [4.69, 9.17) is 0 Å². The molecule has 96 valence electrons. The number of ketones is 1. The van der Waals surface area contributed by atoms with Gasteiger partial charge in [-0.2, -0.15) is 0 Å². The molecular weight excluding hydrogens is 222 g/mol. The van der Waals surface area contributed by atoms with Crippen molar-refractivity contribution in [1.29, 1.82) is 0 Å². The van der Waals surface area contributed by atoms with Crippen LogP contribution in [-0.2, 0) is 0 Å². The van der Waals surface area contributed by atoms with Crippen LogP contribution in [0.3, 0.4) is 0 Å². The van der Waals surface area contributed by atoms with Crippen molar-refractivity contribution in [2.45, 2.75) is 51.0 Å². The number of hydrogen-bond donors (Lipinski definition) is 1. The van der Waals surface area contributed by atoms with Gasteiger partial charge >= 0.3 is 0 Å². The van der Waals surface area contributed by atoms with Crippen LogP contribution in [0.5, 0.6) is 0 Å². The van der Waals surface area contributed by atoms with Crippen LogP contribution < -0.4 is 5.32 Å². The van der Waals surface area contributed by atoms with Gasteiger partial charge in [0.2, 0.25) is 0 Å². The molecule has 2 heteroatoms. The molecule has 2 aliphatic rings. The third-order valence-electron chi connectivity index (χ3n) is 4.47. The normalized spacial score (nSPS) is 25.1. The zero-order valence-corrected chi connectivity index (χ0v) is 10.8. The second-order valence-corrected chi connectivity index (χ2v) is 5.66. The van der Waals surface area contributed by atoms with Gasteiger partial charge < -0.3 is 5.32 Å². The van der Waals surface area contributed by atoms with E-state index in [0.717, 1.165) is 23.6 Å².